The largest absolute Gasteiger partial charge is 0.461 e. The highest BCUT2D eigenvalue weighted by Crippen LogP contribution is 2.08. The van der Waals surface area contributed by atoms with Crippen molar-refractivity contribution in [2.45, 2.75) is 32.5 Å². The van der Waals surface area contributed by atoms with Gasteiger partial charge in [-0.05, 0) is 18.1 Å². The highest BCUT2D eigenvalue weighted by atomic mass is 16.5. The molecule has 2 aromatic carbocycles. The fourth-order valence-electron chi connectivity index (χ4n) is 2.39. The Morgan fingerprint density at radius 1 is 1.04 bits per heavy atom. The summed E-state index contributed by atoms with van der Waals surface area (Å²) in [5, 5.41) is 0. The lowest BCUT2D eigenvalue weighted by Gasteiger charge is -2.21. The van der Waals surface area contributed by atoms with E-state index in [1.807, 2.05) is 61.5 Å². The molecule has 0 saturated heterocycles. The number of rotatable bonds is 7. The zero-order valence-corrected chi connectivity index (χ0v) is 14.6. The molecule has 0 saturated carbocycles. The van der Waals surface area contributed by atoms with Crippen LogP contribution in [0.4, 0.5) is 0 Å². The lowest BCUT2D eigenvalue weighted by Crippen LogP contribution is -2.42. The summed E-state index contributed by atoms with van der Waals surface area (Å²) in [5.41, 5.74) is 8.95. The van der Waals surface area contributed by atoms with Crippen LogP contribution in [0.3, 0.4) is 0 Å². The highest BCUT2D eigenvalue weighted by Gasteiger charge is 2.22. The molecule has 0 heterocycles. The molecule has 2 N–H and O–H groups in total. The standard InChI is InChI=1S/C20H24N2O3/c1-15-8-10-16(11-9-15)13-22(2)20(24)18(21)12-19(23)25-14-17-6-4-3-5-7-17/h3-11,18H,12-14,21H2,1-2H3/t18-/m0/s1. The van der Waals surface area contributed by atoms with Crippen LogP contribution in [0.2, 0.25) is 0 Å². The Bertz CT molecular complexity index is 699. The van der Waals surface area contributed by atoms with Gasteiger partial charge in [0.15, 0.2) is 0 Å². The molecule has 0 aliphatic carbocycles. The molecular weight excluding hydrogens is 316 g/mol. The molecule has 2 rings (SSSR count). The number of aryl methyl sites for hydroxylation is 1. The van der Waals surface area contributed by atoms with Gasteiger partial charge < -0.3 is 15.4 Å². The van der Waals surface area contributed by atoms with Gasteiger partial charge in [0.2, 0.25) is 5.91 Å². The predicted octanol–water partition coefficient (Wildman–Crippen LogP) is 2.41. The minimum Gasteiger partial charge on any atom is -0.461 e. The number of ether oxygens (including phenoxy) is 1. The van der Waals surface area contributed by atoms with E-state index in [0.717, 1.165) is 16.7 Å². The van der Waals surface area contributed by atoms with Crippen LogP contribution in [-0.4, -0.2) is 29.9 Å². The van der Waals surface area contributed by atoms with Gasteiger partial charge in [-0.2, -0.15) is 0 Å². The summed E-state index contributed by atoms with van der Waals surface area (Å²) in [6, 6.07) is 16.4. The average molecular weight is 340 g/mol. The van der Waals surface area contributed by atoms with Crippen LogP contribution in [0.1, 0.15) is 23.1 Å². The van der Waals surface area contributed by atoms with Gasteiger partial charge in [-0.3, -0.25) is 9.59 Å². The molecule has 25 heavy (non-hydrogen) atoms. The van der Waals surface area contributed by atoms with E-state index in [1.54, 1.807) is 7.05 Å². The number of hydrogen-bond donors (Lipinski definition) is 1. The van der Waals surface area contributed by atoms with Gasteiger partial charge in [-0.25, -0.2) is 0 Å². The fraction of sp³-hybridized carbons (Fsp3) is 0.300. The zero-order valence-electron chi connectivity index (χ0n) is 14.6. The SMILES string of the molecule is Cc1ccc(CN(C)C(=O)[C@@H](N)CC(=O)OCc2ccccc2)cc1. The normalized spacial score (nSPS) is 11.6. The third kappa shape index (κ3) is 6.04. The molecule has 0 bridgehead atoms. The number of amides is 1. The molecule has 0 aliphatic rings. The first-order valence-corrected chi connectivity index (χ1v) is 8.21. The summed E-state index contributed by atoms with van der Waals surface area (Å²) in [7, 11) is 1.68. The van der Waals surface area contributed by atoms with Crippen molar-refractivity contribution in [3.05, 3.63) is 71.3 Å². The maximum atomic E-state index is 12.3. The second-order valence-corrected chi connectivity index (χ2v) is 6.14. The first-order valence-electron chi connectivity index (χ1n) is 8.21. The van der Waals surface area contributed by atoms with Crippen molar-refractivity contribution in [2.24, 2.45) is 5.73 Å². The second-order valence-electron chi connectivity index (χ2n) is 6.14. The monoisotopic (exact) mass is 340 g/mol. The molecule has 2 aromatic rings. The molecule has 0 fully saturated rings. The average Bonchev–Trinajstić information content (AvgIpc) is 2.62. The lowest BCUT2D eigenvalue weighted by atomic mass is 10.1. The van der Waals surface area contributed by atoms with Gasteiger partial charge in [0.1, 0.15) is 6.61 Å². The van der Waals surface area contributed by atoms with E-state index in [-0.39, 0.29) is 18.9 Å². The van der Waals surface area contributed by atoms with Crippen molar-refractivity contribution in [1.29, 1.82) is 0 Å². The lowest BCUT2D eigenvalue weighted by molar-refractivity contribution is -0.148. The number of esters is 1. The number of nitrogens with two attached hydrogens (primary N) is 1. The Kier molecular flexibility index (Phi) is 6.71. The molecule has 0 spiro atoms. The maximum Gasteiger partial charge on any atom is 0.308 e. The zero-order chi connectivity index (χ0) is 18.2. The van der Waals surface area contributed by atoms with E-state index < -0.39 is 12.0 Å². The van der Waals surface area contributed by atoms with Crippen molar-refractivity contribution < 1.29 is 14.3 Å². The smallest absolute Gasteiger partial charge is 0.308 e. The van der Waals surface area contributed by atoms with Crippen LogP contribution in [0.25, 0.3) is 0 Å². The van der Waals surface area contributed by atoms with Gasteiger partial charge in [0.25, 0.3) is 0 Å². The third-order valence-corrected chi connectivity index (χ3v) is 3.86. The number of carbonyl (C=O) groups is 2. The summed E-state index contributed by atoms with van der Waals surface area (Å²) in [5.74, 6) is -0.759. The molecule has 5 nitrogen and oxygen atoms in total. The summed E-state index contributed by atoms with van der Waals surface area (Å²) in [4.78, 5) is 25.7. The summed E-state index contributed by atoms with van der Waals surface area (Å²) >= 11 is 0. The first-order chi connectivity index (χ1) is 12.0. The van der Waals surface area contributed by atoms with E-state index >= 15 is 0 Å². The first kappa shape index (κ1) is 18.7. The Morgan fingerprint density at radius 3 is 2.32 bits per heavy atom. The van der Waals surface area contributed by atoms with Gasteiger partial charge in [0.05, 0.1) is 12.5 Å². The maximum absolute atomic E-state index is 12.3. The minimum absolute atomic E-state index is 0.135. The molecule has 5 heteroatoms. The number of benzene rings is 2. The van der Waals surface area contributed by atoms with Crippen LogP contribution in [-0.2, 0) is 27.5 Å². The van der Waals surface area contributed by atoms with E-state index in [4.69, 9.17) is 10.5 Å². The van der Waals surface area contributed by atoms with E-state index in [0.29, 0.717) is 6.54 Å². The summed E-state index contributed by atoms with van der Waals surface area (Å²) in [6.07, 6.45) is -0.135. The molecule has 1 atom stereocenters. The number of likely N-dealkylation sites (N-methyl/N-ethyl adjacent to an activating group) is 1. The Labute approximate surface area is 148 Å². The van der Waals surface area contributed by atoms with Gasteiger partial charge in [-0.1, -0.05) is 60.2 Å². The van der Waals surface area contributed by atoms with E-state index in [2.05, 4.69) is 0 Å². The van der Waals surface area contributed by atoms with E-state index in [9.17, 15) is 9.59 Å². The molecule has 0 aliphatic heterocycles. The van der Waals surface area contributed by atoms with Crippen molar-refractivity contribution in [3.8, 4) is 0 Å². The predicted molar refractivity (Wildman–Crippen MR) is 96.5 cm³/mol. The molecule has 0 radical (unpaired) electrons. The molecule has 0 aromatic heterocycles. The molecular formula is C20H24N2O3. The topological polar surface area (TPSA) is 72.6 Å². The highest BCUT2D eigenvalue weighted by molar-refractivity contribution is 5.86. The van der Waals surface area contributed by atoms with Crippen LogP contribution in [0, 0.1) is 6.92 Å². The van der Waals surface area contributed by atoms with Crippen molar-refractivity contribution in [2.75, 3.05) is 7.05 Å². The van der Waals surface area contributed by atoms with Crippen molar-refractivity contribution >= 4 is 11.9 Å². The third-order valence-electron chi connectivity index (χ3n) is 3.86. The second kappa shape index (κ2) is 8.99. The quantitative estimate of drug-likeness (QED) is 0.786. The van der Waals surface area contributed by atoms with Crippen molar-refractivity contribution in [1.82, 2.24) is 4.90 Å². The van der Waals surface area contributed by atoms with Crippen molar-refractivity contribution in [3.63, 3.8) is 0 Å². The minimum atomic E-state index is -0.904. The van der Waals surface area contributed by atoms with Crippen LogP contribution < -0.4 is 5.73 Å². The van der Waals surface area contributed by atoms with Gasteiger partial charge in [-0.15, -0.1) is 0 Å². The molecule has 132 valence electrons. The Hall–Kier alpha value is -2.66. The van der Waals surface area contributed by atoms with Crippen LogP contribution >= 0.6 is 0 Å². The number of hydrogen-bond acceptors (Lipinski definition) is 4. The van der Waals surface area contributed by atoms with Crippen LogP contribution in [0.15, 0.2) is 54.6 Å². The molecule has 0 unspecified atom stereocenters. The summed E-state index contributed by atoms with van der Waals surface area (Å²) < 4.78 is 5.17. The van der Waals surface area contributed by atoms with Gasteiger partial charge in [0, 0.05) is 13.6 Å². The van der Waals surface area contributed by atoms with Gasteiger partial charge >= 0.3 is 5.97 Å². The Balaban J connectivity index is 1.80. The fourth-order valence-corrected chi connectivity index (χ4v) is 2.39. The Morgan fingerprint density at radius 2 is 1.68 bits per heavy atom. The van der Waals surface area contributed by atoms with Crippen LogP contribution in [0.5, 0.6) is 0 Å². The number of carbonyl (C=O) groups excluding carboxylic acids is 2. The number of nitrogens with zero attached hydrogens (tertiary/aromatic N) is 1. The summed E-state index contributed by atoms with van der Waals surface area (Å²) in [6.45, 7) is 2.64. The van der Waals surface area contributed by atoms with E-state index in [1.165, 1.54) is 4.90 Å². The molecule has 1 amide bonds.